The Morgan fingerprint density at radius 1 is 0.846 bits per heavy atom. The van der Waals surface area contributed by atoms with Crippen molar-refractivity contribution in [2.45, 2.75) is 25.5 Å². The summed E-state index contributed by atoms with van der Waals surface area (Å²) in [5.74, 6) is -0.186. The Morgan fingerprint density at radius 2 is 1.36 bits per heavy atom. The van der Waals surface area contributed by atoms with E-state index in [2.05, 4.69) is 16.0 Å². The minimum atomic E-state index is -0.257. The molecule has 0 spiro atoms. The SMILES string of the molecule is CNC(=O)c1ccc(N)cc1.CNC(=O)c1ccc(NC2CCN(C(=O)OCc3ccccc3)CC2)cc1.[Cl-].[H+]. The standard InChI is InChI=1S/C21H25N3O3.C8H10N2O.ClH/c1-22-20(25)17-7-9-18(10-8-17)23-19-11-13-24(14-12-19)21(26)27-15-16-5-3-2-4-6-16;1-10-8(11)6-2-4-7(9)5-3-6;/h2-10,19,23H,11-15H2,1H3,(H,22,25);2-5H,9H2,1H3,(H,10,11);1H. The molecule has 0 radical (unpaired) electrons. The van der Waals surface area contributed by atoms with E-state index in [1.807, 2.05) is 42.5 Å². The molecule has 3 aromatic rings. The van der Waals surface area contributed by atoms with E-state index in [1.165, 1.54) is 0 Å². The van der Waals surface area contributed by atoms with Crippen LogP contribution in [0.25, 0.3) is 0 Å². The van der Waals surface area contributed by atoms with Gasteiger partial charge in [-0.15, -0.1) is 0 Å². The van der Waals surface area contributed by atoms with E-state index in [-0.39, 0.29) is 31.7 Å². The summed E-state index contributed by atoms with van der Waals surface area (Å²) in [6.07, 6.45) is 1.46. The molecule has 1 aliphatic rings. The number of carbonyl (C=O) groups excluding carboxylic acids is 3. The van der Waals surface area contributed by atoms with Crippen molar-refractivity contribution in [1.82, 2.24) is 15.5 Å². The van der Waals surface area contributed by atoms with Crippen LogP contribution in [0.4, 0.5) is 16.2 Å². The molecule has 9 nitrogen and oxygen atoms in total. The fourth-order valence-electron chi connectivity index (χ4n) is 3.89. The van der Waals surface area contributed by atoms with E-state index >= 15 is 0 Å². The first-order valence-corrected chi connectivity index (χ1v) is 12.5. The first kappa shape index (κ1) is 31.0. The van der Waals surface area contributed by atoms with Gasteiger partial charge in [0, 0.05) is 55.7 Å². The quantitative estimate of drug-likeness (QED) is 0.338. The van der Waals surface area contributed by atoms with Gasteiger partial charge < -0.3 is 43.7 Å². The molecule has 3 amide bonds. The van der Waals surface area contributed by atoms with Crippen LogP contribution in [0.15, 0.2) is 78.9 Å². The molecule has 1 aliphatic heterocycles. The molecule has 3 aromatic carbocycles. The molecule has 1 fully saturated rings. The summed E-state index contributed by atoms with van der Waals surface area (Å²) in [5.41, 5.74) is 9.33. The van der Waals surface area contributed by atoms with Crippen LogP contribution in [0.2, 0.25) is 0 Å². The second-order valence-corrected chi connectivity index (χ2v) is 8.80. The molecule has 4 rings (SSSR count). The van der Waals surface area contributed by atoms with Crippen molar-refractivity contribution in [2.24, 2.45) is 0 Å². The van der Waals surface area contributed by atoms with Gasteiger partial charge in [0.05, 0.1) is 0 Å². The molecule has 0 bridgehead atoms. The van der Waals surface area contributed by atoms with Gasteiger partial charge in [0.15, 0.2) is 0 Å². The number of nitrogen functional groups attached to an aromatic ring is 1. The number of nitrogens with zero attached hydrogens (tertiary/aromatic N) is 1. The maximum atomic E-state index is 12.2. The molecule has 0 saturated carbocycles. The highest BCUT2D eigenvalue weighted by Gasteiger charge is 2.23. The van der Waals surface area contributed by atoms with Gasteiger partial charge >= 0.3 is 7.52 Å². The van der Waals surface area contributed by atoms with Crippen molar-refractivity contribution < 1.29 is 33.0 Å². The average Bonchev–Trinajstić information content (AvgIpc) is 2.97. The van der Waals surface area contributed by atoms with Gasteiger partial charge in [-0.05, 0) is 66.9 Å². The maximum absolute atomic E-state index is 12.2. The van der Waals surface area contributed by atoms with Crippen LogP contribution in [-0.2, 0) is 11.3 Å². The second-order valence-electron chi connectivity index (χ2n) is 8.80. The van der Waals surface area contributed by atoms with Crippen LogP contribution in [0.5, 0.6) is 0 Å². The molecule has 10 heteroatoms. The van der Waals surface area contributed by atoms with Crippen molar-refractivity contribution >= 4 is 29.3 Å². The molecule has 208 valence electrons. The lowest BCUT2D eigenvalue weighted by molar-refractivity contribution is -0.0000316. The molecule has 0 aliphatic carbocycles. The molecular weight excluding hydrogens is 518 g/mol. The number of halogens is 1. The van der Waals surface area contributed by atoms with E-state index in [4.69, 9.17) is 10.5 Å². The number of benzene rings is 3. The number of hydrogen-bond donors (Lipinski definition) is 4. The predicted octanol–water partition coefficient (Wildman–Crippen LogP) is 1.00. The summed E-state index contributed by atoms with van der Waals surface area (Å²) in [5, 5.41) is 8.60. The Hall–Kier alpha value is -4.24. The number of amides is 3. The number of rotatable bonds is 6. The lowest BCUT2D eigenvalue weighted by Gasteiger charge is -2.32. The van der Waals surface area contributed by atoms with Gasteiger partial charge in [0.25, 0.3) is 11.8 Å². The van der Waals surface area contributed by atoms with Crippen molar-refractivity contribution in [3.05, 3.63) is 95.6 Å². The number of carbonyl (C=O) groups is 3. The largest absolute Gasteiger partial charge is 1.00 e. The Morgan fingerprint density at radius 3 is 1.87 bits per heavy atom. The highest BCUT2D eigenvalue weighted by atomic mass is 35.5. The number of nitrogens with one attached hydrogen (secondary N) is 3. The van der Waals surface area contributed by atoms with Gasteiger partial charge in [-0.1, -0.05) is 30.3 Å². The average molecular weight is 554 g/mol. The maximum Gasteiger partial charge on any atom is 1.00 e. The minimum absolute atomic E-state index is 0. The normalized spacial score (nSPS) is 12.6. The highest BCUT2D eigenvalue weighted by Crippen LogP contribution is 2.18. The fraction of sp³-hybridized carbons (Fsp3) is 0.276. The Labute approximate surface area is 237 Å². The summed E-state index contributed by atoms with van der Waals surface area (Å²) in [6, 6.07) is 24.2. The zero-order valence-corrected chi connectivity index (χ0v) is 22.9. The van der Waals surface area contributed by atoms with Crippen molar-refractivity contribution in [1.29, 1.82) is 0 Å². The third-order valence-electron chi connectivity index (χ3n) is 6.10. The van der Waals surface area contributed by atoms with E-state index < -0.39 is 0 Å². The van der Waals surface area contributed by atoms with Gasteiger partial charge in [-0.25, -0.2) is 4.79 Å². The predicted molar refractivity (Wildman–Crippen MR) is 150 cm³/mol. The van der Waals surface area contributed by atoms with E-state index in [9.17, 15) is 14.4 Å². The molecule has 1 heterocycles. The molecular formula is C29H36ClN5O4. The van der Waals surface area contributed by atoms with E-state index in [0.717, 1.165) is 24.1 Å². The first-order valence-electron chi connectivity index (χ1n) is 12.5. The summed E-state index contributed by atoms with van der Waals surface area (Å²) in [6.45, 7) is 1.64. The lowest BCUT2D eigenvalue weighted by Crippen LogP contribution is -3.00. The van der Waals surface area contributed by atoms with Gasteiger partial charge in [-0.2, -0.15) is 0 Å². The topological polar surface area (TPSA) is 126 Å². The smallest absolute Gasteiger partial charge is 1.00 e. The summed E-state index contributed by atoms with van der Waals surface area (Å²) >= 11 is 0. The fourth-order valence-corrected chi connectivity index (χ4v) is 3.89. The third-order valence-corrected chi connectivity index (χ3v) is 6.10. The lowest BCUT2D eigenvalue weighted by atomic mass is 10.0. The van der Waals surface area contributed by atoms with Crippen LogP contribution >= 0.6 is 0 Å². The first-order chi connectivity index (χ1) is 18.4. The number of ether oxygens (including phenoxy) is 1. The van der Waals surface area contributed by atoms with Crippen LogP contribution in [0.1, 0.15) is 40.5 Å². The zero-order valence-electron chi connectivity index (χ0n) is 23.2. The monoisotopic (exact) mass is 553 g/mol. The Kier molecular flexibility index (Phi) is 12.6. The van der Waals surface area contributed by atoms with Crippen LogP contribution < -0.4 is 34.1 Å². The molecule has 39 heavy (non-hydrogen) atoms. The summed E-state index contributed by atoms with van der Waals surface area (Å²) in [4.78, 5) is 36.5. The van der Waals surface area contributed by atoms with Crippen LogP contribution in [0, 0.1) is 0 Å². The summed E-state index contributed by atoms with van der Waals surface area (Å²) < 4.78 is 5.40. The van der Waals surface area contributed by atoms with Gasteiger partial charge in [0.2, 0.25) is 0 Å². The van der Waals surface area contributed by atoms with Gasteiger partial charge in [-0.3, -0.25) is 9.59 Å². The number of hydrogen-bond acceptors (Lipinski definition) is 6. The van der Waals surface area contributed by atoms with Gasteiger partial charge in [0.1, 0.15) is 6.61 Å². The highest BCUT2D eigenvalue weighted by molar-refractivity contribution is 5.94. The molecule has 0 atom stereocenters. The zero-order chi connectivity index (χ0) is 27.3. The Bertz CT molecular complexity index is 1190. The van der Waals surface area contributed by atoms with E-state index in [0.29, 0.717) is 42.6 Å². The second kappa shape index (κ2) is 15.9. The minimum Gasteiger partial charge on any atom is -1.00 e. The number of anilines is 2. The summed E-state index contributed by atoms with van der Waals surface area (Å²) in [7, 11) is 3.21. The third kappa shape index (κ3) is 9.86. The van der Waals surface area contributed by atoms with Crippen molar-refractivity contribution in [3.63, 3.8) is 0 Å². The molecule has 0 unspecified atom stereocenters. The van der Waals surface area contributed by atoms with Crippen LogP contribution in [0.3, 0.4) is 0 Å². The molecule has 0 aromatic heterocycles. The molecule has 1 saturated heterocycles. The Balaban J connectivity index is 0.000000522. The number of likely N-dealkylation sites (tertiary alicyclic amines) is 1. The number of piperidine rings is 1. The van der Waals surface area contributed by atoms with E-state index in [1.54, 1.807) is 55.4 Å². The van der Waals surface area contributed by atoms with Crippen molar-refractivity contribution in [3.8, 4) is 0 Å². The van der Waals surface area contributed by atoms with Crippen LogP contribution in [-0.4, -0.2) is 56.0 Å². The molecule has 5 N–H and O–H groups in total. The number of nitrogens with two attached hydrogens (primary N) is 1. The van der Waals surface area contributed by atoms with Crippen molar-refractivity contribution in [2.75, 3.05) is 38.2 Å².